The monoisotopic (exact) mass is 391 g/mol. The van der Waals surface area contributed by atoms with Crippen molar-refractivity contribution >= 4 is 17.4 Å². The SMILES string of the molecule is Cc1ccc(C(CNC(=O)NC(c2cccs2)C(C)C)N2CCOCC2)o1. The zero-order chi connectivity index (χ0) is 19.2. The zero-order valence-corrected chi connectivity index (χ0v) is 17.1. The van der Waals surface area contributed by atoms with Crippen LogP contribution >= 0.6 is 11.3 Å². The van der Waals surface area contributed by atoms with Crippen molar-refractivity contribution in [3.63, 3.8) is 0 Å². The highest BCUT2D eigenvalue weighted by molar-refractivity contribution is 7.10. The lowest BCUT2D eigenvalue weighted by atomic mass is 10.0. The number of carbonyl (C=O) groups is 1. The third kappa shape index (κ3) is 5.34. The molecule has 7 heteroatoms. The Labute approximate surface area is 164 Å². The molecule has 6 nitrogen and oxygen atoms in total. The first kappa shape index (κ1) is 19.9. The standard InChI is InChI=1S/C20H29N3O3S/c1-14(2)19(18-5-4-12-27-18)22-20(24)21-13-16(17-7-6-15(3)26-17)23-8-10-25-11-9-23/h4-7,12,14,16,19H,8-11,13H2,1-3H3,(H2,21,22,24). The summed E-state index contributed by atoms with van der Waals surface area (Å²) in [7, 11) is 0. The lowest BCUT2D eigenvalue weighted by Crippen LogP contribution is -2.46. The average molecular weight is 392 g/mol. The number of morpholine rings is 1. The van der Waals surface area contributed by atoms with Crippen molar-refractivity contribution in [3.8, 4) is 0 Å². The van der Waals surface area contributed by atoms with E-state index in [1.807, 2.05) is 30.5 Å². The van der Waals surface area contributed by atoms with Gasteiger partial charge in [-0.3, -0.25) is 4.90 Å². The van der Waals surface area contributed by atoms with Gasteiger partial charge in [-0.05, 0) is 36.4 Å². The summed E-state index contributed by atoms with van der Waals surface area (Å²) in [5.74, 6) is 2.08. The van der Waals surface area contributed by atoms with Gasteiger partial charge in [0.2, 0.25) is 0 Å². The largest absolute Gasteiger partial charge is 0.465 e. The van der Waals surface area contributed by atoms with E-state index in [2.05, 4.69) is 35.4 Å². The summed E-state index contributed by atoms with van der Waals surface area (Å²) in [6, 6.07) is 7.92. The highest BCUT2D eigenvalue weighted by Gasteiger charge is 2.26. The zero-order valence-electron chi connectivity index (χ0n) is 16.2. The molecular formula is C20H29N3O3S. The van der Waals surface area contributed by atoms with E-state index < -0.39 is 0 Å². The minimum atomic E-state index is -0.149. The van der Waals surface area contributed by atoms with Crippen LogP contribution in [0.1, 0.15) is 42.3 Å². The van der Waals surface area contributed by atoms with Gasteiger partial charge < -0.3 is 19.8 Å². The molecule has 2 amide bonds. The third-order valence-corrected chi connectivity index (χ3v) is 5.79. The quantitative estimate of drug-likeness (QED) is 0.755. The number of urea groups is 1. The lowest BCUT2D eigenvalue weighted by molar-refractivity contribution is 0.0121. The molecule has 1 saturated heterocycles. The van der Waals surface area contributed by atoms with Gasteiger partial charge in [-0.1, -0.05) is 19.9 Å². The van der Waals surface area contributed by atoms with Gasteiger partial charge in [0.25, 0.3) is 0 Å². The number of hydrogen-bond donors (Lipinski definition) is 2. The van der Waals surface area contributed by atoms with Crippen LogP contribution in [0.2, 0.25) is 0 Å². The van der Waals surface area contributed by atoms with Gasteiger partial charge in [-0.15, -0.1) is 11.3 Å². The number of aryl methyl sites for hydroxylation is 1. The van der Waals surface area contributed by atoms with E-state index >= 15 is 0 Å². The molecule has 0 aliphatic carbocycles. The van der Waals surface area contributed by atoms with Crippen LogP contribution in [0.25, 0.3) is 0 Å². The molecule has 148 valence electrons. The summed E-state index contributed by atoms with van der Waals surface area (Å²) in [4.78, 5) is 16.1. The molecule has 2 atom stereocenters. The van der Waals surface area contributed by atoms with Gasteiger partial charge in [0.15, 0.2) is 0 Å². The molecule has 0 bridgehead atoms. The van der Waals surface area contributed by atoms with Crippen molar-refractivity contribution in [2.45, 2.75) is 32.9 Å². The first-order chi connectivity index (χ1) is 13.0. The van der Waals surface area contributed by atoms with Gasteiger partial charge in [0.1, 0.15) is 11.5 Å². The molecule has 1 aliphatic rings. The van der Waals surface area contributed by atoms with Crippen molar-refractivity contribution in [2.75, 3.05) is 32.8 Å². The predicted molar refractivity (Wildman–Crippen MR) is 107 cm³/mol. The summed E-state index contributed by atoms with van der Waals surface area (Å²) in [5.41, 5.74) is 0. The summed E-state index contributed by atoms with van der Waals surface area (Å²) >= 11 is 1.67. The van der Waals surface area contributed by atoms with E-state index in [-0.39, 0.29) is 18.1 Å². The van der Waals surface area contributed by atoms with E-state index in [9.17, 15) is 4.79 Å². The minimum absolute atomic E-state index is 0.00703. The number of furan rings is 1. The molecule has 3 rings (SSSR count). The van der Waals surface area contributed by atoms with Gasteiger partial charge >= 0.3 is 6.03 Å². The molecule has 0 saturated carbocycles. The Bertz CT molecular complexity index is 708. The second kappa shape index (κ2) is 9.39. The van der Waals surface area contributed by atoms with Crippen LogP contribution in [-0.2, 0) is 4.74 Å². The van der Waals surface area contributed by atoms with E-state index in [1.54, 1.807) is 11.3 Å². The molecule has 0 aromatic carbocycles. The van der Waals surface area contributed by atoms with Crippen LogP contribution in [0.5, 0.6) is 0 Å². The van der Waals surface area contributed by atoms with Crippen molar-refractivity contribution in [2.24, 2.45) is 5.92 Å². The topological polar surface area (TPSA) is 66.7 Å². The Hall–Kier alpha value is -1.83. The smallest absolute Gasteiger partial charge is 0.315 e. The molecule has 0 spiro atoms. The maximum Gasteiger partial charge on any atom is 0.315 e. The Kier molecular flexibility index (Phi) is 6.93. The van der Waals surface area contributed by atoms with Crippen LogP contribution < -0.4 is 10.6 Å². The summed E-state index contributed by atoms with van der Waals surface area (Å²) < 4.78 is 11.3. The lowest BCUT2D eigenvalue weighted by Gasteiger charge is -2.33. The van der Waals surface area contributed by atoms with Crippen molar-refractivity contribution in [1.82, 2.24) is 15.5 Å². The number of nitrogens with zero attached hydrogens (tertiary/aromatic N) is 1. The van der Waals surface area contributed by atoms with Crippen molar-refractivity contribution < 1.29 is 13.9 Å². The van der Waals surface area contributed by atoms with Crippen LogP contribution in [0.3, 0.4) is 0 Å². The fourth-order valence-corrected chi connectivity index (χ4v) is 4.30. The molecule has 2 aromatic rings. The number of rotatable bonds is 7. The molecule has 0 radical (unpaired) electrons. The third-order valence-electron chi connectivity index (χ3n) is 4.83. The normalized spacial score (nSPS) is 17.6. The highest BCUT2D eigenvalue weighted by atomic mass is 32.1. The second-order valence-electron chi connectivity index (χ2n) is 7.20. The summed E-state index contributed by atoms with van der Waals surface area (Å²) in [6.45, 7) is 9.74. The summed E-state index contributed by atoms with van der Waals surface area (Å²) in [5, 5.41) is 8.21. The van der Waals surface area contributed by atoms with Crippen molar-refractivity contribution in [3.05, 3.63) is 46.0 Å². The molecular weight excluding hydrogens is 362 g/mol. The number of thiophene rings is 1. The number of nitrogens with one attached hydrogen (secondary N) is 2. The first-order valence-corrected chi connectivity index (χ1v) is 10.4. The van der Waals surface area contributed by atoms with E-state index in [1.165, 1.54) is 4.88 Å². The molecule has 2 aromatic heterocycles. The van der Waals surface area contributed by atoms with Gasteiger partial charge in [0.05, 0.1) is 25.3 Å². The number of ether oxygens (including phenoxy) is 1. The highest BCUT2D eigenvalue weighted by Crippen LogP contribution is 2.26. The van der Waals surface area contributed by atoms with Crippen LogP contribution in [0.4, 0.5) is 4.79 Å². The first-order valence-electron chi connectivity index (χ1n) is 9.50. The molecule has 27 heavy (non-hydrogen) atoms. The Morgan fingerprint density at radius 2 is 2.04 bits per heavy atom. The maximum atomic E-state index is 12.6. The van der Waals surface area contributed by atoms with E-state index in [0.29, 0.717) is 25.7 Å². The average Bonchev–Trinajstić information content (AvgIpc) is 3.32. The summed E-state index contributed by atoms with van der Waals surface area (Å²) in [6.07, 6.45) is 0. The van der Waals surface area contributed by atoms with E-state index in [4.69, 9.17) is 9.15 Å². The van der Waals surface area contributed by atoms with Gasteiger partial charge in [0, 0.05) is 24.5 Å². The Morgan fingerprint density at radius 3 is 2.63 bits per heavy atom. The number of carbonyl (C=O) groups excluding carboxylic acids is 1. The Morgan fingerprint density at radius 1 is 1.26 bits per heavy atom. The molecule has 1 fully saturated rings. The number of amides is 2. The second-order valence-corrected chi connectivity index (χ2v) is 8.18. The van der Waals surface area contributed by atoms with Crippen molar-refractivity contribution in [1.29, 1.82) is 0 Å². The van der Waals surface area contributed by atoms with Crippen LogP contribution in [-0.4, -0.2) is 43.8 Å². The van der Waals surface area contributed by atoms with Crippen LogP contribution in [0.15, 0.2) is 34.1 Å². The number of hydrogen-bond acceptors (Lipinski definition) is 5. The fraction of sp³-hybridized carbons (Fsp3) is 0.550. The van der Waals surface area contributed by atoms with E-state index in [0.717, 1.165) is 24.6 Å². The fourth-order valence-electron chi connectivity index (χ4n) is 3.35. The molecule has 1 aliphatic heterocycles. The maximum absolute atomic E-state index is 12.6. The molecule has 2 unspecified atom stereocenters. The minimum Gasteiger partial charge on any atom is -0.465 e. The molecule has 3 heterocycles. The Balaban J connectivity index is 1.62. The molecule has 2 N–H and O–H groups in total. The van der Waals surface area contributed by atoms with Crippen LogP contribution in [0, 0.1) is 12.8 Å². The predicted octanol–water partition coefficient (Wildman–Crippen LogP) is 3.72. The van der Waals surface area contributed by atoms with Gasteiger partial charge in [-0.25, -0.2) is 4.79 Å². The van der Waals surface area contributed by atoms with Gasteiger partial charge in [-0.2, -0.15) is 0 Å².